The SMILES string of the molecule is O=C(CCSc1ccc(Cl)cc1)NN=Cc1ccccc1O. The molecule has 22 heavy (non-hydrogen) atoms. The quantitative estimate of drug-likeness (QED) is 0.481. The van der Waals surface area contributed by atoms with Crippen LogP contribution < -0.4 is 5.43 Å². The van der Waals surface area contributed by atoms with E-state index in [1.807, 2.05) is 24.3 Å². The fourth-order valence-corrected chi connectivity index (χ4v) is 2.60. The first kappa shape index (κ1) is 16.4. The molecular weight excluding hydrogens is 320 g/mol. The molecule has 0 aliphatic heterocycles. The van der Waals surface area contributed by atoms with Crippen LogP contribution in [0, 0.1) is 0 Å². The Balaban J connectivity index is 1.72. The van der Waals surface area contributed by atoms with Crippen LogP contribution in [0.25, 0.3) is 0 Å². The van der Waals surface area contributed by atoms with E-state index < -0.39 is 0 Å². The Morgan fingerprint density at radius 3 is 2.68 bits per heavy atom. The summed E-state index contributed by atoms with van der Waals surface area (Å²) in [5, 5.41) is 14.1. The highest BCUT2D eigenvalue weighted by Crippen LogP contribution is 2.20. The van der Waals surface area contributed by atoms with E-state index in [9.17, 15) is 9.90 Å². The summed E-state index contributed by atoms with van der Waals surface area (Å²) in [6, 6.07) is 14.3. The van der Waals surface area contributed by atoms with Crippen LogP contribution in [0.1, 0.15) is 12.0 Å². The number of benzene rings is 2. The molecule has 1 amide bonds. The number of rotatable bonds is 6. The van der Waals surface area contributed by atoms with E-state index in [-0.39, 0.29) is 11.7 Å². The Kier molecular flexibility index (Phi) is 6.30. The van der Waals surface area contributed by atoms with Gasteiger partial charge in [0.1, 0.15) is 5.75 Å². The molecule has 2 aromatic carbocycles. The maximum absolute atomic E-state index is 11.6. The third-order valence-corrected chi connectivity index (χ3v) is 4.01. The van der Waals surface area contributed by atoms with Crippen molar-refractivity contribution in [3.8, 4) is 5.75 Å². The lowest BCUT2D eigenvalue weighted by Crippen LogP contribution is -2.17. The van der Waals surface area contributed by atoms with Crippen molar-refractivity contribution in [2.75, 3.05) is 5.75 Å². The lowest BCUT2D eigenvalue weighted by atomic mass is 10.2. The minimum absolute atomic E-state index is 0.124. The molecule has 0 unspecified atom stereocenters. The van der Waals surface area contributed by atoms with E-state index in [0.29, 0.717) is 22.8 Å². The van der Waals surface area contributed by atoms with Crippen molar-refractivity contribution in [3.63, 3.8) is 0 Å². The van der Waals surface area contributed by atoms with E-state index in [0.717, 1.165) is 4.90 Å². The molecule has 0 aliphatic carbocycles. The fourth-order valence-electron chi connectivity index (χ4n) is 1.62. The standard InChI is InChI=1S/C16H15ClN2O2S/c17-13-5-7-14(8-6-13)22-10-9-16(21)19-18-11-12-3-1-2-4-15(12)20/h1-8,11,20H,9-10H2,(H,19,21). The summed E-state index contributed by atoms with van der Waals surface area (Å²) in [5.74, 6) is 0.603. The van der Waals surface area contributed by atoms with Crippen molar-refractivity contribution < 1.29 is 9.90 Å². The van der Waals surface area contributed by atoms with Crippen LogP contribution in [0.5, 0.6) is 5.75 Å². The number of phenolic OH excluding ortho intramolecular Hbond substituents is 1. The number of phenols is 1. The summed E-state index contributed by atoms with van der Waals surface area (Å²) in [4.78, 5) is 12.7. The number of thioether (sulfide) groups is 1. The van der Waals surface area contributed by atoms with Gasteiger partial charge in [0.2, 0.25) is 5.91 Å². The number of hydrogen-bond acceptors (Lipinski definition) is 4. The van der Waals surface area contributed by atoms with E-state index in [1.165, 1.54) is 6.21 Å². The van der Waals surface area contributed by atoms with E-state index in [1.54, 1.807) is 36.0 Å². The van der Waals surface area contributed by atoms with Crippen LogP contribution in [0.3, 0.4) is 0 Å². The molecule has 0 spiro atoms. The topological polar surface area (TPSA) is 61.7 Å². The monoisotopic (exact) mass is 334 g/mol. The summed E-state index contributed by atoms with van der Waals surface area (Å²) in [6.45, 7) is 0. The normalized spacial score (nSPS) is 10.8. The van der Waals surface area contributed by atoms with Gasteiger partial charge in [0.05, 0.1) is 6.21 Å². The van der Waals surface area contributed by atoms with Gasteiger partial charge in [-0.1, -0.05) is 23.7 Å². The summed E-state index contributed by atoms with van der Waals surface area (Å²) >= 11 is 7.39. The van der Waals surface area contributed by atoms with Crippen molar-refractivity contribution in [2.45, 2.75) is 11.3 Å². The van der Waals surface area contributed by atoms with Gasteiger partial charge in [-0.25, -0.2) is 5.43 Å². The molecule has 114 valence electrons. The summed E-state index contributed by atoms with van der Waals surface area (Å²) < 4.78 is 0. The fraction of sp³-hybridized carbons (Fsp3) is 0.125. The third kappa shape index (κ3) is 5.42. The molecule has 0 saturated carbocycles. The Bertz CT molecular complexity index is 659. The number of hydrazone groups is 1. The van der Waals surface area contributed by atoms with Crippen LogP contribution in [0.2, 0.25) is 5.02 Å². The predicted octanol–water partition coefficient (Wildman–Crippen LogP) is 3.68. The predicted molar refractivity (Wildman–Crippen MR) is 90.6 cm³/mol. The average Bonchev–Trinajstić information content (AvgIpc) is 2.51. The summed E-state index contributed by atoms with van der Waals surface area (Å²) in [6.07, 6.45) is 1.77. The number of carbonyl (C=O) groups excluding carboxylic acids is 1. The van der Waals surface area contributed by atoms with Gasteiger partial charge in [-0.3, -0.25) is 4.79 Å². The van der Waals surface area contributed by atoms with Gasteiger partial charge in [-0.05, 0) is 36.4 Å². The number of nitrogens with zero attached hydrogens (tertiary/aromatic N) is 1. The number of carbonyl (C=O) groups is 1. The Labute approximate surface area is 138 Å². The third-order valence-electron chi connectivity index (χ3n) is 2.74. The van der Waals surface area contributed by atoms with Gasteiger partial charge < -0.3 is 5.11 Å². The van der Waals surface area contributed by atoms with Crippen LogP contribution in [-0.4, -0.2) is 23.0 Å². The highest BCUT2D eigenvalue weighted by molar-refractivity contribution is 7.99. The smallest absolute Gasteiger partial charge is 0.240 e. The molecule has 0 aromatic heterocycles. The molecule has 0 fully saturated rings. The van der Waals surface area contributed by atoms with Gasteiger partial charge in [0.25, 0.3) is 0 Å². The molecule has 6 heteroatoms. The maximum Gasteiger partial charge on any atom is 0.240 e. The van der Waals surface area contributed by atoms with Gasteiger partial charge in [-0.2, -0.15) is 5.10 Å². The number of halogens is 1. The van der Waals surface area contributed by atoms with Crippen molar-refractivity contribution in [1.29, 1.82) is 0 Å². The first-order valence-electron chi connectivity index (χ1n) is 6.63. The van der Waals surface area contributed by atoms with Gasteiger partial charge >= 0.3 is 0 Å². The lowest BCUT2D eigenvalue weighted by molar-refractivity contribution is -0.120. The molecule has 2 N–H and O–H groups in total. The molecule has 0 bridgehead atoms. The van der Waals surface area contributed by atoms with E-state index in [2.05, 4.69) is 10.5 Å². The first-order chi connectivity index (χ1) is 10.6. The van der Waals surface area contributed by atoms with Crippen molar-refractivity contribution >= 4 is 35.5 Å². The Hall–Kier alpha value is -1.98. The number of hydrogen-bond donors (Lipinski definition) is 2. The largest absolute Gasteiger partial charge is 0.507 e. The second-order valence-corrected chi connectivity index (χ2v) is 6.01. The second kappa shape index (κ2) is 8.46. The first-order valence-corrected chi connectivity index (χ1v) is 8.00. The minimum Gasteiger partial charge on any atom is -0.507 e. The molecule has 0 heterocycles. The number of aromatic hydroxyl groups is 1. The van der Waals surface area contributed by atoms with E-state index >= 15 is 0 Å². The molecule has 2 rings (SSSR count). The molecule has 0 atom stereocenters. The lowest BCUT2D eigenvalue weighted by Gasteiger charge is -2.02. The Morgan fingerprint density at radius 2 is 1.95 bits per heavy atom. The van der Waals surface area contributed by atoms with Gasteiger partial charge in [-0.15, -0.1) is 11.8 Å². The second-order valence-electron chi connectivity index (χ2n) is 4.40. The van der Waals surface area contributed by atoms with Crippen molar-refractivity contribution in [3.05, 3.63) is 59.1 Å². The zero-order valence-electron chi connectivity index (χ0n) is 11.7. The number of amides is 1. The molecular formula is C16H15ClN2O2S. The summed E-state index contributed by atoms with van der Waals surface area (Å²) in [7, 11) is 0. The molecule has 0 aliphatic rings. The van der Waals surface area contributed by atoms with Crippen LogP contribution in [-0.2, 0) is 4.79 Å². The van der Waals surface area contributed by atoms with Crippen molar-refractivity contribution in [1.82, 2.24) is 5.43 Å². The maximum atomic E-state index is 11.6. The van der Waals surface area contributed by atoms with Gasteiger partial charge in [0.15, 0.2) is 0 Å². The minimum atomic E-state index is -0.173. The summed E-state index contributed by atoms with van der Waals surface area (Å²) in [5.41, 5.74) is 2.99. The van der Waals surface area contributed by atoms with E-state index in [4.69, 9.17) is 11.6 Å². The van der Waals surface area contributed by atoms with Crippen LogP contribution in [0.15, 0.2) is 58.5 Å². The molecule has 4 nitrogen and oxygen atoms in total. The number of nitrogens with one attached hydrogen (secondary N) is 1. The zero-order chi connectivity index (χ0) is 15.8. The number of para-hydroxylation sites is 1. The Morgan fingerprint density at radius 1 is 1.23 bits per heavy atom. The molecule has 0 radical (unpaired) electrons. The highest BCUT2D eigenvalue weighted by Gasteiger charge is 2.01. The van der Waals surface area contributed by atoms with Crippen LogP contribution in [0.4, 0.5) is 0 Å². The molecule has 2 aromatic rings. The highest BCUT2D eigenvalue weighted by atomic mass is 35.5. The zero-order valence-corrected chi connectivity index (χ0v) is 13.3. The molecule has 0 saturated heterocycles. The average molecular weight is 335 g/mol. The van der Waals surface area contributed by atoms with Gasteiger partial charge in [0, 0.05) is 27.7 Å². The van der Waals surface area contributed by atoms with Crippen molar-refractivity contribution in [2.24, 2.45) is 5.10 Å². The van der Waals surface area contributed by atoms with Crippen LogP contribution >= 0.6 is 23.4 Å².